The monoisotopic (exact) mass is 439 g/mol. The summed E-state index contributed by atoms with van der Waals surface area (Å²) in [5.41, 5.74) is -0.870. The van der Waals surface area contributed by atoms with Gasteiger partial charge in [-0.2, -0.15) is 0 Å². The van der Waals surface area contributed by atoms with Gasteiger partial charge >= 0.3 is 11.9 Å². The summed E-state index contributed by atoms with van der Waals surface area (Å²) in [7, 11) is 4.02. The average molecular weight is 440 g/mol. The number of carbonyl (C=O) groups excluding carboxylic acids is 2. The van der Waals surface area contributed by atoms with Gasteiger partial charge < -0.3 is 14.4 Å². The zero-order chi connectivity index (χ0) is 23.7. The minimum absolute atomic E-state index is 0.0559. The zero-order valence-corrected chi connectivity index (χ0v) is 21.0. The number of ether oxygens (including phenoxy) is 2. The lowest BCUT2D eigenvalue weighted by Gasteiger charge is -2.27. The van der Waals surface area contributed by atoms with Gasteiger partial charge in [-0.05, 0) is 65.6 Å². The van der Waals surface area contributed by atoms with E-state index in [1.54, 1.807) is 0 Å². The SMILES string of the molecule is [CH2]C([CH2])(COC(=O)CCCCN(C)C)COC(=O)CCC(CCC)C(CCC)CCC. The minimum atomic E-state index is -0.870. The Labute approximate surface area is 192 Å². The molecule has 0 N–H and O–H groups in total. The van der Waals surface area contributed by atoms with Gasteiger partial charge in [0.2, 0.25) is 0 Å². The molecule has 0 aliphatic carbocycles. The molecule has 31 heavy (non-hydrogen) atoms. The number of nitrogens with zero attached hydrogens (tertiary/aromatic N) is 1. The Balaban J connectivity index is 4.29. The minimum Gasteiger partial charge on any atom is -0.465 e. The molecule has 0 heterocycles. The lowest BCUT2D eigenvalue weighted by Crippen LogP contribution is -2.29. The molecule has 1 atom stereocenters. The third-order valence-corrected chi connectivity index (χ3v) is 5.68. The van der Waals surface area contributed by atoms with Gasteiger partial charge in [-0.3, -0.25) is 9.59 Å². The van der Waals surface area contributed by atoms with E-state index in [4.69, 9.17) is 9.47 Å². The van der Waals surface area contributed by atoms with E-state index in [1.165, 1.54) is 25.7 Å². The van der Waals surface area contributed by atoms with Gasteiger partial charge in [0, 0.05) is 18.3 Å². The Kier molecular flexibility index (Phi) is 16.8. The van der Waals surface area contributed by atoms with Crippen LogP contribution in [0.25, 0.3) is 0 Å². The van der Waals surface area contributed by atoms with Gasteiger partial charge in [0.25, 0.3) is 0 Å². The lowest BCUT2D eigenvalue weighted by atomic mass is 9.80. The van der Waals surface area contributed by atoms with E-state index in [0.717, 1.165) is 38.6 Å². The van der Waals surface area contributed by atoms with Gasteiger partial charge in [-0.15, -0.1) is 0 Å². The quantitative estimate of drug-likeness (QED) is 0.186. The fraction of sp³-hybridized carbons (Fsp3) is 0.846. The molecule has 0 rings (SSSR count). The number of hydrogen-bond acceptors (Lipinski definition) is 5. The molecule has 0 amide bonds. The summed E-state index contributed by atoms with van der Waals surface area (Å²) >= 11 is 0. The van der Waals surface area contributed by atoms with Crippen LogP contribution in [0.1, 0.15) is 91.4 Å². The van der Waals surface area contributed by atoms with Crippen molar-refractivity contribution in [2.75, 3.05) is 33.9 Å². The topological polar surface area (TPSA) is 55.8 Å². The summed E-state index contributed by atoms with van der Waals surface area (Å²) in [6.45, 7) is 15.7. The maximum atomic E-state index is 12.3. The van der Waals surface area contributed by atoms with Crippen LogP contribution in [0.5, 0.6) is 0 Å². The summed E-state index contributed by atoms with van der Waals surface area (Å²) in [4.78, 5) is 26.3. The molecule has 182 valence electrons. The molecule has 0 aromatic carbocycles. The van der Waals surface area contributed by atoms with Crippen molar-refractivity contribution in [3.8, 4) is 0 Å². The highest BCUT2D eigenvalue weighted by atomic mass is 16.5. The van der Waals surface area contributed by atoms with E-state index in [-0.39, 0.29) is 25.2 Å². The molecule has 0 saturated carbocycles. The molecule has 5 nitrogen and oxygen atoms in total. The van der Waals surface area contributed by atoms with Crippen LogP contribution >= 0.6 is 0 Å². The maximum absolute atomic E-state index is 12.3. The van der Waals surface area contributed by atoms with Crippen LogP contribution in [0.3, 0.4) is 0 Å². The fourth-order valence-electron chi connectivity index (χ4n) is 4.00. The number of esters is 2. The zero-order valence-electron chi connectivity index (χ0n) is 21.0. The number of carbonyl (C=O) groups is 2. The van der Waals surface area contributed by atoms with Crippen LogP contribution in [0.4, 0.5) is 0 Å². The van der Waals surface area contributed by atoms with E-state index in [2.05, 4.69) is 39.5 Å². The van der Waals surface area contributed by atoms with Crippen molar-refractivity contribution in [2.45, 2.75) is 91.4 Å². The first-order valence-electron chi connectivity index (χ1n) is 12.3. The lowest BCUT2D eigenvalue weighted by molar-refractivity contribution is -0.150. The van der Waals surface area contributed by atoms with Crippen LogP contribution in [-0.4, -0.2) is 50.7 Å². The standard InChI is InChI=1S/C26H49NO4/c1-8-13-22(14-9-2)23(15-10-3)17-18-25(29)31-21-26(4,5)20-30-24(28)16-11-12-19-27(6)7/h22-23H,4-5,8-21H2,1-3,6-7H3. The molecule has 0 aliphatic rings. The predicted octanol–water partition coefficient (Wildman–Crippen LogP) is 5.87. The Morgan fingerprint density at radius 2 is 1.23 bits per heavy atom. The number of unbranched alkanes of at least 4 members (excludes halogenated alkanes) is 1. The molecule has 0 spiro atoms. The number of hydrogen-bond donors (Lipinski definition) is 0. The maximum Gasteiger partial charge on any atom is 0.305 e. The normalized spacial score (nSPS) is 12.9. The molecule has 5 heteroatoms. The van der Waals surface area contributed by atoms with Crippen molar-refractivity contribution in [1.82, 2.24) is 4.90 Å². The molecule has 2 radical (unpaired) electrons. The van der Waals surface area contributed by atoms with Crippen LogP contribution in [0.15, 0.2) is 0 Å². The van der Waals surface area contributed by atoms with Gasteiger partial charge in [0.15, 0.2) is 0 Å². The molecule has 0 aliphatic heterocycles. The highest BCUT2D eigenvalue weighted by Gasteiger charge is 2.25. The first-order chi connectivity index (χ1) is 14.6. The second kappa shape index (κ2) is 17.5. The second-order valence-corrected chi connectivity index (χ2v) is 9.51. The Morgan fingerprint density at radius 3 is 1.68 bits per heavy atom. The van der Waals surface area contributed by atoms with Crippen LogP contribution in [0, 0.1) is 31.1 Å². The van der Waals surface area contributed by atoms with Gasteiger partial charge in [-0.25, -0.2) is 0 Å². The smallest absolute Gasteiger partial charge is 0.305 e. The first-order valence-corrected chi connectivity index (χ1v) is 12.3. The average Bonchev–Trinajstić information content (AvgIpc) is 2.71. The molecule has 0 fully saturated rings. The van der Waals surface area contributed by atoms with Crippen molar-refractivity contribution in [2.24, 2.45) is 17.3 Å². The molecule has 0 aromatic rings. The van der Waals surface area contributed by atoms with Crippen molar-refractivity contribution < 1.29 is 19.1 Å². The van der Waals surface area contributed by atoms with E-state index in [9.17, 15) is 9.59 Å². The summed E-state index contributed by atoms with van der Waals surface area (Å²) in [6, 6.07) is 0. The Hall–Kier alpha value is -1.10. The van der Waals surface area contributed by atoms with Crippen molar-refractivity contribution in [1.29, 1.82) is 0 Å². The van der Waals surface area contributed by atoms with Crippen LogP contribution in [0.2, 0.25) is 0 Å². The largest absolute Gasteiger partial charge is 0.465 e. The molecule has 0 aromatic heterocycles. The Bertz CT molecular complexity index is 470. The molecule has 0 bridgehead atoms. The second-order valence-electron chi connectivity index (χ2n) is 9.51. The highest BCUT2D eigenvalue weighted by molar-refractivity contribution is 5.70. The summed E-state index contributed by atoms with van der Waals surface area (Å²) in [5.74, 6) is 0.816. The third-order valence-electron chi connectivity index (χ3n) is 5.68. The van der Waals surface area contributed by atoms with Crippen molar-refractivity contribution >= 4 is 11.9 Å². The summed E-state index contributed by atoms with van der Waals surface area (Å²) in [5, 5.41) is 0. The summed E-state index contributed by atoms with van der Waals surface area (Å²) < 4.78 is 10.7. The first kappa shape index (κ1) is 29.9. The molecular formula is C26H49NO4. The summed E-state index contributed by atoms with van der Waals surface area (Å²) in [6.07, 6.45) is 10.6. The van der Waals surface area contributed by atoms with E-state index in [1.807, 2.05) is 14.1 Å². The van der Waals surface area contributed by atoms with Gasteiger partial charge in [0.05, 0.1) is 0 Å². The van der Waals surface area contributed by atoms with E-state index >= 15 is 0 Å². The fourth-order valence-corrected chi connectivity index (χ4v) is 4.00. The van der Waals surface area contributed by atoms with Gasteiger partial charge in [0.1, 0.15) is 13.2 Å². The third kappa shape index (κ3) is 16.2. The van der Waals surface area contributed by atoms with Crippen LogP contribution < -0.4 is 0 Å². The molecular weight excluding hydrogens is 390 g/mol. The van der Waals surface area contributed by atoms with E-state index < -0.39 is 5.41 Å². The van der Waals surface area contributed by atoms with Gasteiger partial charge in [-0.1, -0.05) is 59.3 Å². The molecule has 0 saturated heterocycles. The van der Waals surface area contributed by atoms with Crippen molar-refractivity contribution in [3.05, 3.63) is 13.8 Å². The van der Waals surface area contributed by atoms with Crippen LogP contribution in [-0.2, 0) is 19.1 Å². The van der Waals surface area contributed by atoms with E-state index in [0.29, 0.717) is 24.7 Å². The highest BCUT2D eigenvalue weighted by Crippen LogP contribution is 2.30. The number of rotatable bonds is 19. The van der Waals surface area contributed by atoms with Crippen molar-refractivity contribution in [3.63, 3.8) is 0 Å². The molecule has 1 unspecified atom stereocenters. The Morgan fingerprint density at radius 1 is 0.774 bits per heavy atom. The predicted molar refractivity (Wildman–Crippen MR) is 128 cm³/mol.